The zero-order valence-corrected chi connectivity index (χ0v) is 11.9. The molecule has 2 nitrogen and oxygen atoms in total. The van der Waals surface area contributed by atoms with Crippen LogP contribution in [0.2, 0.25) is 0 Å². The molecule has 0 aliphatic rings. The van der Waals surface area contributed by atoms with Crippen LogP contribution >= 0.6 is 27.7 Å². The van der Waals surface area contributed by atoms with Crippen LogP contribution in [0.25, 0.3) is 0 Å². The van der Waals surface area contributed by atoms with E-state index in [1.807, 2.05) is 17.8 Å². The van der Waals surface area contributed by atoms with Gasteiger partial charge in [-0.25, -0.2) is 9.97 Å². The number of unbranched alkanes of at least 4 members (excludes halogenated alkanes) is 1. The van der Waals surface area contributed by atoms with Crippen LogP contribution in [0.5, 0.6) is 0 Å². The van der Waals surface area contributed by atoms with Crippen LogP contribution in [-0.2, 0) is 0 Å². The van der Waals surface area contributed by atoms with Gasteiger partial charge in [-0.3, -0.25) is 0 Å². The van der Waals surface area contributed by atoms with E-state index in [-0.39, 0.29) is 0 Å². The topological polar surface area (TPSA) is 25.8 Å². The maximum Gasteiger partial charge on any atom is 0.133 e. The highest BCUT2D eigenvalue weighted by Crippen LogP contribution is 2.22. The molecule has 84 valence electrons. The molecule has 0 fully saturated rings. The molecule has 0 aliphatic carbocycles. The second-order valence-corrected chi connectivity index (χ2v) is 5.67. The number of nitrogens with zero attached hydrogens (tertiary/aromatic N) is 2. The van der Waals surface area contributed by atoms with Gasteiger partial charge in [-0.05, 0) is 28.1 Å². The van der Waals surface area contributed by atoms with E-state index in [4.69, 9.17) is 0 Å². The quantitative estimate of drug-likeness (QED) is 0.460. The minimum absolute atomic E-state index is 0.382. The molecule has 0 radical (unpaired) electrons. The Hall–Kier alpha value is -0.0900. The van der Waals surface area contributed by atoms with Crippen LogP contribution in [0.15, 0.2) is 15.7 Å². The monoisotopic (exact) mass is 288 g/mol. The van der Waals surface area contributed by atoms with Crippen molar-refractivity contribution in [2.45, 2.75) is 44.6 Å². The Labute approximate surface area is 104 Å². The van der Waals surface area contributed by atoms with Crippen LogP contribution < -0.4 is 0 Å². The highest BCUT2D eigenvalue weighted by atomic mass is 79.9. The minimum atomic E-state index is 0.382. The summed E-state index contributed by atoms with van der Waals surface area (Å²) in [6.07, 6.45) is 2.47. The highest BCUT2D eigenvalue weighted by molar-refractivity contribution is 9.10. The van der Waals surface area contributed by atoms with Gasteiger partial charge in [0.15, 0.2) is 0 Å². The molecular formula is C11H17BrN2S. The predicted octanol–water partition coefficient (Wildman–Crippen LogP) is 4.25. The van der Waals surface area contributed by atoms with Crippen molar-refractivity contribution in [1.82, 2.24) is 9.97 Å². The SMILES string of the molecule is CCCCSc1cc(Br)nc(C(C)C)n1. The Morgan fingerprint density at radius 2 is 2.13 bits per heavy atom. The minimum Gasteiger partial charge on any atom is -0.226 e. The van der Waals surface area contributed by atoms with Gasteiger partial charge >= 0.3 is 0 Å². The van der Waals surface area contributed by atoms with E-state index in [0.29, 0.717) is 5.92 Å². The third kappa shape index (κ3) is 4.51. The summed E-state index contributed by atoms with van der Waals surface area (Å²) in [6, 6.07) is 1.99. The van der Waals surface area contributed by atoms with Gasteiger partial charge in [0.05, 0.1) is 0 Å². The first kappa shape index (κ1) is 13.0. The van der Waals surface area contributed by atoms with Gasteiger partial charge in [0.2, 0.25) is 0 Å². The zero-order chi connectivity index (χ0) is 11.3. The molecule has 0 bridgehead atoms. The fourth-order valence-electron chi connectivity index (χ4n) is 1.07. The third-order valence-electron chi connectivity index (χ3n) is 1.95. The second-order valence-electron chi connectivity index (χ2n) is 3.74. The molecule has 0 unspecified atom stereocenters. The van der Waals surface area contributed by atoms with E-state index >= 15 is 0 Å². The lowest BCUT2D eigenvalue weighted by molar-refractivity contribution is 0.747. The number of hydrogen-bond donors (Lipinski definition) is 0. The highest BCUT2D eigenvalue weighted by Gasteiger charge is 2.06. The lowest BCUT2D eigenvalue weighted by atomic mass is 10.2. The van der Waals surface area contributed by atoms with E-state index in [1.165, 1.54) is 12.8 Å². The smallest absolute Gasteiger partial charge is 0.133 e. The van der Waals surface area contributed by atoms with E-state index in [1.54, 1.807) is 0 Å². The Bertz CT molecular complexity index is 315. The molecular weight excluding hydrogens is 272 g/mol. The van der Waals surface area contributed by atoms with Gasteiger partial charge in [0.1, 0.15) is 15.5 Å². The van der Waals surface area contributed by atoms with Crippen LogP contribution in [0, 0.1) is 0 Å². The van der Waals surface area contributed by atoms with Crippen LogP contribution in [0.4, 0.5) is 0 Å². The first-order valence-electron chi connectivity index (χ1n) is 5.30. The summed E-state index contributed by atoms with van der Waals surface area (Å²) in [5.74, 6) is 2.44. The molecule has 0 aromatic carbocycles. The number of aromatic nitrogens is 2. The van der Waals surface area contributed by atoms with Crippen molar-refractivity contribution in [2.75, 3.05) is 5.75 Å². The zero-order valence-electron chi connectivity index (χ0n) is 9.46. The lowest BCUT2D eigenvalue weighted by Gasteiger charge is -2.06. The van der Waals surface area contributed by atoms with Gasteiger partial charge in [0.25, 0.3) is 0 Å². The predicted molar refractivity (Wildman–Crippen MR) is 69.5 cm³/mol. The molecule has 4 heteroatoms. The van der Waals surface area contributed by atoms with Gasteiger partial charge < -0.3 is 0 Å². The molecule has 0 saturated heterocycles. The molecule has 0 spiro atoms. The normalized spacial score (nSPS) is 11.0. The summed E-state index contributed by atoms with van der Waals surface area (Å²) in [4.78, 5) is 8.88. The summed E-state index contributed by atoms with van der Waals surface area (Å²) < 4.78 is 0.889. The standard InChI is InChI=1S/C11H17BrN2S/c1-4-5-6-15-10-7-9(12)13-11(14-10)8(2)3/h7-8H,4-6H2,1-3H3. The Morgan fingerprint density at radius 3 is 2.73 bits per heavy atom. The molecule has 0 atom stereocenters. The van der Waals surface area contributed by atoms with E-state index in [2.05, 4.69) is 46.7 Å². The average Bonchev–Trinajstić information content (AvgIpc) is 2.17. The molecule has 0 aliphatic heterocycles. The van der Waals surface area contributed by atoms with Gasteiger partial charge in [0, 0.05) is 12.0 Å². The molecule has 1 rings (SSSR count). The van der Waals surface area contributed by atoms with E-state index in [0.717, 1.165) is 21.2 Å². The van der Waals surface area contributed by atoms with Crippen molar-refractivity contribution in [3.8, 4) is 0 Å². The lowest BCUT2D eigenvalue weighted by Crippen LogP contribution is -1.99. The third-order valence-corrected chi connectivity index (χ3v) is 3.36. The van der Waals surface area contributed by atoms with Crippen LogP contribution in [-0.4, -0.2) is 15.7 Å². The molecule has 0 amide bonds. The number of hydrogen-bond acceptors (Lipinski definition) is 3. The molecule has 15 heavy (non-hydrogen) atoms. The first-order valence-corrected chi connectivity index (χ1v) is 7.08. The average molecular weight is 289 g/mol. The Kier molecular flexibility index (Phi) is 5.61. The summed E-state index contributed by atoms with van der Waals surface area (Å²) in [5, 5.41) is 1.08. The molecule has 0 N–H and O–H groups in total. The summed E-state index contributed by atoms with van der Waals surface area (Å²) in [7, 11) is 0. The molecule has 1 aromatic rings. The maximum absolute atomic E-state index is 4.53. The van der Waals surface area contributed by atoms with Crippen molar-refractivity contribution in [2.24, 2.45) is 0 Å². The maximum atomic E-state index is 4.53. The van der Waals surface area contributed by atoms with Gasteiger partial charge in [-0.15, -0.1) is 11.8 Å². The summed E-state index contributed by atoms with van der Waals surface area (Å²) in [5.41, 5.74) is 0. The molecule has 1 aromatic heterocycles. The summed E-state index contributed by atoms with van der Waals surface area (Å²) in [6.45, 7) is 6.43. The van der Waals surface area contributed by atoms with Crippen LogP contribution in [0.1, 0.15) is 45.4 Å². The van der Waals surface area contributed by atoms with Crippen molar-refractivity contribution in [3.05, 3.63) is 16.5 Å². The summed E-state index contributed by atoms with van der Waals surface area (Å²) >= 11 is 5.24. The fraction of sp³-hybridized carbons (Fsp3) is 0.636. The van der Waals surface area contributed by atoms with E-state index < -0.39 is 0 Å². The van der Waals surface area contributed by atoms with Crippen molar-refractivity contribution in [3.63, 3.8) is 0 Å². The first-order chi connectivity index (χ1) is 7.13. The number of rotatable bonds is 5. The van der Waals surface area contributed by atoms with Crippen molar-refractivity contribution in [1.29, 1.82) is 0 Å². The van der Waals surface area contributed by atoms with Gasteiger partial charge in [-0.1, -0.05) is 27.2 Å². The number of halogens is 1. The van der Waals surface area contributed by atoms with Gasteiger partial charge in [-0.2, -0.15) is 0 Å². The Balaban J connectivity index is 2.71. The fourth-order valence-corrected chi connectivity index (χ4v) is 2.61. The van der Waals surface area contributed by atoms with Crippen molar-refractivity contribution >= 4 is 27.7 Å². The van der Waals surface area contributed by atoms with Crippen molar-refractivity contribution < 1.29 is 0 Å². The Morgan fingerprint density at radius 1 is 1.40 bits per heavy atom. The number of thioether (sulfide) groups is 1. The van der Waals surface area contributed by atoms with E-state index in [9.17, 15) is 0 Å². The molecule has 1 heterocycles. The largest absolute Gasteiger partial charge is 0.226 e. The second kappa shape index (κ2) is 6.48. The van der Waals surface area contributed by atoms with Crippen LogP contribution in [0.3, 0.4) is 0 Å². The molecule has 0 saturated carbocycles.